The molecular weight excluding hydrogens is 352 g/mol. The van der Waals surface area contributed by atoms with Gasteiger partial charge in [-0.3, -0.25) is 4.79 Å². The van der Waals surface area contributed by atoms with Crippen LogP contribution in [-0.2, 0) is 13.2 Å². The van der Waals surface area contributed by atoms with Crippen molar-refractivity contribution in [2.75, 3.05) is 7.11 Å². The van der Waals surface area contributed by atoms with Crippen LogP contribution >= 0.6 is 0 Å². The summed E-state index contributed by atoms with van der Waals surface area (Å²) in [4.78, 5) is 12.4. The molecule has 0 atom stereocenters. The molecule has 1 amide bonds. The minimum Gasteiger partial charge on any atom is -0.493 e. The molecule has 140 valence electrons. The fraction of sp³-hybridized carbons (Fsp3) is 0.130. The first-order valence-electron chi connectivity index (χ1n) is 8.81. The average molecular weight is 372 g/mol. The van der Waals surface area contributed by atoms with E-state index < -0.39 is 0 Å². The first kappa shape index (κ1) is 19.0. The SMILES string of the molecule is COc1cc(C(=O)NCc2ccc(C#N)cc2)ccc1OCc1ccccc1. The van der Waals surface area contributed by atoms with Gasteiger partial charge in [-0.2, -0.15) is 5.26 Å². The predicted octanol–water partition coefficient (Wildman–Crippen LogP) is 4.08. The van der Waals surface area contributed by atoms with Crippen molar-refractivity contribution in [3.63, 3.8) is 0 Å². The van der Waals surface area contributed by atoms with Crippen LogP contribution in [0.1, 0.15) is 27.0 Å². The lowest BCUT2D eigenvalue weighted by Gasteiger charge is -2.12. The maximum absolute atomic E-state index is 12.4. The van der Waals surface area contributed by atoms with Crippen molar-refractivity contribution in [3.8, 4) is 17.6 Å². The highest BCUT2D eigenvalue weighted by molar-refractivity contribution is 5.94. The van der Waals surface area contributed by atoms with Gasteiger partial charge in [0.1, 0.15) is 6.61 Å². The number of nitrogens with one attached hydrogen (secondary N) is 1. The summed E-state index contributed by atoms with van der Waals surface area (Å²) in [6.45, 7) is 0.792. The molecule has 0 bridgehead atoms. The van der Waals surface area contributed by atoms with E-state index in [-0.39, 0.29) is 5.91 Å². The molecule has 0 fully saturated rings. The number of hydrogen-bond donors (Lipinski definition) is 1. The van der Waals surface area contributed by atoms with Crippen molar-refractivity contribution in [3.05, 3.63) is 95.1 Å². The van der Waals surface area contributed by atoms with E-state index in [0.717, 1.165) is 11.1 Å². The standard InChI is InChI=1S/C23H20N2O3/c1-27-22-13-20(11-12-21(22)28-16-19-5-3-2-4-6-19)23(26)25-15-18-9-7-17(14-24)8-10-18/h2-13H,15-16H2,1H3,(H,25,26). The number of nitrogens with zero attached hydrogens (tertiary/aromatic N) is 1. The van der Waals surface area contributed by atoms with Gasteiger partial charge in [-0.15, -0.1) is 0 Å². The van der Waals surface area contributed by atoms with Crippen LogP contribution in [0.4, 0.5) is 0 Å². The van der Waals surface area contributed by atoms with Crippen molar-refractivity contribution in [1.29, 1.82) is 5.26 Å². The van der Waals surface area contributed by atoms with Crippen LogP contribution in [0.15, 0.2) is 72.8 Å². The molecule has 0 saturated carbocycles. The van der Waals surface area contributed by atoms with Crippen LogP contribution < -0.4 is 14.8 Å². The van der Waals surface area contributed by atoms with E-state index >= 15 is 0 Å². The fourth-order valence-electron chi connectivity index (χ4n) is 2.64. The Balaban J connectivity index is 1.63. The molecule has 0 saturated heterocycles. The molecule has 0 aromatic heterocycles. The Hall–Kier alpha value is -3.78. The van der Waals surface area contributed by atoms with Crippen LogP contribution in [0.3, 0.4) is 0 Å². The number of ether oxygens (including phenoxy) is 2. The second-order valence-electron chi connectivity index (χ2n) is 6.13. The molecule has 0 aliphatic carbocycles. The van der Waals surface area contributed by atoms with Crippen LogP contribution in [0.5, 0.6) is 11.5 Å². The lowest BCUT2D eigenvalue weighted by atomic mass is 10.1. The summed E-state index contributed by atoms with van der Waals surface area (Å²) in [5, 5.41) is 11.7. The van der Waals surface area contributed by atoms with E-state index in [1.165, 1.54) is 0 Å². The molecule has 28 heavy (non-hydrogen) atoms. The average Bonchev–Trinajstić information content (AvgIpc) is 2.77. The van der Waals surface area contributed by atoms with Crippen molar-refractivity contribution in [2.24, 2.45) is 0 Å². The normalized spacial score (nSPS) is 10.0. The van der Waals surface area contributed by atoms with E-state index in [4.69, 9.17) is 14.7 Å². The molecule has 3 rings (SSSR count). The summed E-state index contributed by atoms with van der Waals surface area (Å²) in [5.74, 6) is 0.870. The Bertz CT molecular complexity index is 977. The van der Waals surface area contributed by atoms with Gasteiger partial charge >= 0.3 is 0 Å². The predicted molar refractivity (Wildman–Crippen MR) is 106 cm³/mol. The van der Waals surface area contributed by atoms with Gasteiger partial charge < -0.3 is 14.8 Å². The first-order chi connectivity index (χ1) is 13.7. The van der Waals surface area contributed by atoms with E-state index in [1.54, 1.807) is 37.4 Å². The highest BCUT2D eigenvalue weighted by Crippen LogP contribution is 2.29. The van der Waals surface area contributed by atoms with Gasteiger partial charge in [-0.1, -0.05) is 42.5 Å². The van der Waals surface area contributed by atoms with Crippen molar-refractivity contribution in [2.45, 2.75) is 13.2 Å². The molecule has 0 unspecified atom stereocenters. The highest BCUT2D eigenvalue weighted by atomic mass is 16.5. The van der Waals surface area contributed by atoms with Crippen LogP contribution in [-0.4, -0.2) is 13.0 Å². The third-order valence-electron chi connectivity index (χ3n) is 4.20. The van der Waals surface area contributed by atoms with Gasteiger partial charge in [-0.05, 0) is 41.5 Å². The summed E-state index contributed by atoms with van der Waals surface area (Å²) in [6, 6.07) is 24.1. The van der Waals surface area contributed by atoms with Crippen molar-refractivity contribution < 1.29 is 14.3 Å². The molecule has 0 spiro atoms. The molecule has 0 aliphatic rings. The fourth-order valence-corrected chi connectivity index (χ4v) is 2.64. The first-order valence-corrected chi connectivity index (χ1v) is 8.81. The van der Waals surface area contributed by atoms with Gasteiger partial charge in [0.25, 0.3) is 5.91 Å². The number of amides is 1. The Morgan fingerprint density at radius 3 is 2.39 bits per heavy atom. The number of hydrogen-bond acceptors (Lipinski definition) is 4. The van der Waals surface area contributed by atoms with Crippen LogP contribution in [0.25, 0.3) is 0 Å². The van der Waals surface area contributed by atoms with E-state index in [0.29, 0.717) is 35.8 Å². The second-order valence-corrected chi connectivity index (χ2v) is 6.13. The lowest BCUT2D eigenvalue weighted by Crippen LogP contribution is -2.22. The Morgan fingerprint density at radius 1 is 0.964 bits per heavy atom. The molecule has 0 aliphatic heterocycles. The monoisotopic (exact) mass is 372 g/mol. The molecular formula is C23H20N2O3. The summed E-state index contributed by atoms with van der Waals surface area (Å²) >= 11 is 0. The molecule has 1 N–H and O–H groups in total. The molecule has 3 aromatic rings. The summed E-state index contributed by atoms with van der Waals surface area (Å²) in [7, 11) is 1.54. The van der Waals surface area contributed by atoms with Gasteiger partial charge in [0.15, 0.2) is 11.5 Å². The Labute approximate surface area is 164 Å². The number of benzene rings is 3. The third-order valence-corrected chi connectivity index (χ3v) is 4.20. The zero-order chi connectivity index (χ0) is 19.8. The summed E-state index contributed by atoms with van der Waals surface area (Å²) < 4.78 is 11.2. The minimum atomic E-state index is -0.211. The van der Waals surface area contributed by atoms with Gasteiger partial charge in [0, 0.05) is 12.1 Å². The number of carbonyl (C=O) groups is 1. The van der Waals surface area contributed by atoms with Gasteiger partial charge in [-0.25, -0.2) is 0 Å². The molecule has 3 aromatic carbocycles. The van der Waals surface area contributed by atoms with Crippen molar-refractivity contribution >= 4 is 5.91 Å². The zero-order valence-electron chi connectivity index (χ0n) is 15.5. The topological polar surface area (TPSA) is 71.3 Å². The lowest BCUT2D eigenvalue weighted by molar-refractivity contribution is 0.0950. The van der Waals surface area contributed by atoms with Crippen molar-refractivity contribution in [1.82, 2.24) is 5.32 Å². The van der Waals surface area contributed by atoms with Gasteiger partial charge in [0.2, 0.25) is 0 Å². The molecule has 5 nitrogen and oxygen atoms in total. The van der Waals surface area contributed by atoms with E-state index in [9.17, 15) is 4.79 Å². The molecule has 5 heteroatoms. The maximum atomic E-state index is 12.4. The second kappa shape index (κ2) is 9.24. The smallest absolute Gasteiger partial charge is 0.251 e. The van der Waals surface area contributed by atoms with E-state index in [1.807, 2.05) is 42.5 Å². The number of rotatable bonds is 7. The largest absolute Gasteiger partial charge is 0.493 e. The quantitative estimate of drug-likeness (QED) is 0.678. The third kappa shape index (κ3) is 4.89. The van der Waals surface area contributed by atoms with Gasteiger partial charge in [0.05, 0.1) is 18.7 Å². The Kier molecular flexibility index (Phi) is 6.27. The van der Waals surface area contributed by atoms with Crippen LogP contribution in [0.2, 0.25) is 0 Å². The number of nitriles is 1. The summed E-state index contributed by atoms with van der Waals surface area (Å²) in [5.41, 5.74) is 3.04. The molecule has 0 heterocycles. The highest BCUT2D eigenvalue weighted by Gasteiger charge is 2.11. The van der Waals surface area contributed by atoms with E-state index in [2.05, 4.69) is 11.4 Å². The maximum Gasteiger partial charge on any atom is 0.251 e. The minimum absolute atomic E-state index is 0.211. The molecule has 0 radical (unpaired) electrons. The number of methoxy groups -OCH3 is 1. The summed E-state index contributed by atoms with van der Waals surface area (Å²) in [6.07, 6.45) is 0. The van der Waals surface area contributed by atoms with Crippen LogP contribution in [0, 0.1) is 11.3 Å². The Morgan fingerprint density at radius 2 is 1.71 bits per heavy atom. The number of carbonyl (C=O) groups excluding carboxylic acids is 1. The zero-order valence-corrected chi connectivity index (χ0v) is 15.5.